The summed E-state index contributed by atoms with van der Waals surface area (Å²) in [7, 11) is 0. The molecule has 0 aliphatic rings. The Labute approximate surface area is 124 Å². The predicted octanol–water partition coefficient (Wildman–Crippen LogP) is 1.90. The Kier molecular flexibility index (Phi) is 4.43. The molecule has 0 bridgehead atoms. The van der Waals surface area contributed by atoms with Gasteiger partial charge in [0.25, 0.3) is 11.6 Å². The number of nitrogens with zero attached hydrogens (tertiary/aromatic N) is 5. The van der Waals surface area contributed by atoms with E-state index >= 15 is 0 Å². The highest BCUT2D eigenvalue weighted by Gasteiger charge is 2.17. The molecule has 1 N–H and O–H groups in total. The van der Waals surface area contributed by atoms with Crippen molar-refractivity contribution in [1.82, 2.24) is 20.2 Å². The summed E-state index contributed by atoms with van der Waals surface area (Å²) in [6.07, 6.45) is 0.798. The summed E-state index contributed by atoms with van der Waals surface area (Å²) in [5.41, 5.74) is -0.0827. The van der Waals surface area contributed by atoms with Gasteiger partial charge in [-0.15, -0.1) is 0 Å². The third-order valence-corrected chi connectivity index (χ3v) is 2.91. The summed E-state index contributed by atoms with van der Waals surface area (Å²) in [4.78, 5) is 22.1. The van der Waals surface area contributed by atoms with Crippen LogP contribution in [0.25, 0.3) is 0 Å². The van der Waals surface area contributed by atoms with Crippen molar-refractivity contribution in [2.75, 3.05) is 5.32 Å². The van der Waals surface area contributed by atoms with Gasteiger partial charge in [-0.2, -0.15) is 0 Å². The largest absolute Gasteiger partial charge is 0.289 e. The van der Waals surface area contributed by atoms with E-state index in [1.165, 1.54) is 16.8 Å². The average molecular weight is 311 g/mol. The molecule has 0 saturated heterocycles. The number of hydrogen-bond acceptors (Lipinski definition) is 6. The minimum atomic E-state index is -0.588. The number of hydrogen-bond donors (Lipinski definition) is 1. The molecule has 0 unspecified atom stereocenters. The van der Waals surface area contributed by atoms with Crippen molar-refractivity contribution in [3.8, 4) is 0 Å². The Hall–Kier alpha value is -2.55. The molecule has 1 heterocycles. The normalized spacial score (nSPS) is 10.4. The summed E-state index contributed by atoms with van der Waals surface area (Å²) in [6, 6.07) is 3.60. The van der Waals surface area contributed by atoms with Crippen molar-refractivity contribution in [2.45, 2.75) is 19.9 Å². The molecular weight excluding hydrogens is 300 g/mol. The van der Waals surface area contributed by atoms with E-state index in [9.17, 15) is 14.9 Å². The van der Waals surface area contributed by atoms with Gasteiger partial charge in [-0.3, -0.25) is 20.2 Å². The van der Waals surface area contributed by atoms with Crippen LogP contribution >= 0.6 is 11.6 Å². The number of halogens is 1. The van der Waals surface area contributed by atoms with Crippen LogP contribution in [0.15, 0.2) is 18.2 Å². The number of nitro benzene ring substituents is 1. The van der Waals surface area contributed by atoms with Gasteiger partial charge in [0.2, 0.25) is 5.95 Å². The number of nitro groups is 1. The zero-order valence-corrected chi connectivity index (χ0v) is 11.7. The van der Waals surface area contributed by atoms with Gasteiger partial charge in [0.1, 0.15) is 0 Å². The molecular formula is C11H11ClN6O3. The van der Waals surface area contributed by atoms with Crippen molar-refractivity contribution < 1.29 is 9.72 Å². The Morgan fingerprint density at radius 2 is 2.29 bits per heavy atom. The monoisotopic (exact) mass is 310 g/mol. The minimum absolute atomic E-state index is 0.0174. The number of anilines is 1. The van der Waals surface area contributed by atoms with Crippen molar-refractivity contribution >= 4 is 29.1 Å². The van der Waals surface area contributed by atoms with Crippen LogP contribution in [0.4, 0.5) is 11.6 Å². The molecule has 0 radical (unpaired) electrons. The van der Waals surface area contributed by atoms with Gasteiger partial charge < -0.3 is 0 Å². The van der Waals surface area contributed by atoms with Gasteiger partial charge >= 0.3 is 0 Å². The van der Waals surface area contributed by atoms with Crippen molar-refractivity contribution in [3.05, 3.63) is 38.9 Å². The number of benzene rings is 1. The summed E-state index contributed by atoms with van der Waals surface area (Å²) in [5, 5.41) is 24.0. The number of aryl methyl sites for hydroxylation is 1. The highest BCUT2D eigenvalue weighted by atomic mass is 35.5. The fourth-order valence-corrected chi connectivity index (χ4v) is 1.89. The number of non-ortho nitro benzene ring substituents is 1. The van der Waals surface area contributed by atoms with Crippen LogP contribution in [0.1, 0.15) is 23.7 Å². The number of carbonyl (C=O) groups excluding carboxylic acids is 1. The number of tetrazole rings is 1. The van der Waals surface area contributed by atoms with Gasteiger partial charge in [-0.05, 0) is 22.9 Å². The van der Waals surface area contributed by atoms with Crippen LogP contribution in [-0.4, -0.2) is 31.0 Å². The van der Waals surface area contributed by atoms with Gasteiger partial charge in [0, 0.05) is 18.7 Å². The first-order valence-corrected chi connectivity index (χ1v) is 6.42. The number of carbonyl (C=O) groups is 1. The second-order valence-electron chi connectivity index (χ2n) is 4.10. The lowest BCUT2D eigenvalue weighted by Gasteiger charge is -2.06. The quantitative estimate of drug-likeness (QED) is 0.666. The Morgan fingerprint density at radius 1 is 1.52 bits per heavy atom. The van der Waals surface area contributed by atoms with E-state index in [1.54, 1.807) is 0 Å². The Balaban J connectivity index is 2.20. The van der Waals surface area contributed by atoms with Crippen molar-refractivity contribution in [1.29, 1.82) is 0 Å². The number of rotatable bonds is 5. The van der Waals surface area contributed by atoms with Crippen LogP contribution in [0.3, 0.4) is 0 Å². The van der Waals surface area contributed by atoms with Crippen LogP contribution < -0.4 is 5.32 Å². The molecule has 0 aliphatic heterocycles. The molecule has 1 aromatic carbocycles. The number of aromatic nitrogens is 4. The number of amides is 1. The fourth-order valence-electron chi connectivity index (χ4n) is 1.63. The maximum absolute atomic E-state index is 12.1. The molecule has 1 amide bonds. The molecule has 0 atom stereocenters. The molecule has 0 fully saturated rings. The first kappa shape index (κ1) is 14.9. The van der Waals surface area contributed by atoms with Gasteiger partial charge in [-0.25, -0.2) is 4.68 Å². The first-order valence-electron chi connectivity index (χ1n) is 6.04. The van der Waals surface area contributed by atoms with Crippen LogP contribution in [0.5, 0.6) is 0 Å². The van der Waals surface area contributed by atoms with Gasteiger partial charge in [0.15, 0.2) is 0 Å². The van der Waals surface area contributed by atoms with Crippen LogP contribution in [-0.2, 0) is 6.54 Å². The van der Waals surface area contributed by atoms with Gasteiger partial charge in [-0.1, -0.05) is 23.6 Å². The standard InChI is InChI=1S/C11H11ClN6O3/c1-2-5-17-11(14-15-16-17)13-10(19)8-4-3-7(18(20)21)6-9(8)12/h3-4,6H,2,5H2,1H3,(H,13,14,16,19). The third-order valence-electron chi connectivity index (χ3n) is 2.60. The second kappa shape index (κ2) is 6.27. The number of nitrogens with one attached hydrogen (secondary N) is 1. The maximum Gasteiger partial charge on any atom is 0.270 e. The summed E-state index contributed by atoms with van der Waals surface area (Å²) >= 11 is 5.89. The topological polar surface area (TPSA) is 116 Å². The maximum atomic E-state index is 12.1. The molecule has 9 nitrogen and oxygen atoms in total. The van der Waals surface area contributed by atoms with E-state index < -0.39 is 10.8 Å². The highest BCUT2D eigenvalue weighted by molar-refractivity contribution is 6.34. The predicted molar refractivity (Wildman–Crippen MR) is 74.2 cm³/mol. The van der Waals surface area contributed by atoms with E-state index in [0.29, 0.717) is 6.54 Å². The van der Waals surface area contributed by atoms with E-state index in [-0.39, 0.29) is 22.2 Å². The average Bonchev–Trinajstić information content (AvgIpc) is 2.86. The van der Waals surface area contributed by atoms with E-state index in [1.807, 2.05) is 6.92 Å². The van der Waals surface area contributed by atoms with Gasteiger partial charge in [0.05, 0.1) is 15.5 Å². The Morgan fingerprint density at radius 3 is 2.90 bits per heavy atom. The SMILES string of the molecule is CCCn1nnnc1NC(=O)c1ccc([N+](=O)[O-])cc1Cl. The molecule has 0 spiro atoms. The van der Waals surface area contributed by atoms with E-state index in [4.69, 9.17) is 11.6 Å². The molecule has 21 heavy (non-hydrogen) atoms. The lowest BCUT2D eigenvalue weighted by molar-refractivity contribution is -0.384. The third kappa shape index (κ3) is 3.31. The first-order chi connectivity index (χ1) is 10.0. The highest BCUT2D eigenvalue weighted by Crippen LogP contribution is 2.23. The summed E-state index contributed by atoms with van der Waals surface area (Å²) in [5.74, 6) is -0.349. The van der Waals surface area contributed by atoms with Crippen LogP contribution in [0, 0.1) is 10.1 Å². The van der Waals surface area contributed by atoms with E-state index in [2.05, 4.69) is 20.8 Å². The molecule has 0 saturated carbocycles. The minimum Gasteiger partial charge on any atom is -0.289 e. The fraction of sp³-hybridized carbons (Fsp3) is 0.273. The zero-order valence-electron chi connectivity index (χ0n) is 11.0. The second-order valence-corrected chi connectivity index (χ2v) is 4.51. The lowest BCUT2D eigenvalue weighted by Crippen LogP contribution is -2.17. The Bertz CT molecular complexity index is 686. The smallest absolute Gasteiger partial charge is 0.270 e. The zero-order chi connectivity index (χ0) is 15.4. The molecule has 2 aromatic rings. The molecule has 110 valence electrons. The molecule has 0 aliphatic carbocycles. The van der Waals surface area contributed by atoms with Crippen molar-refractivity contribution in [2.24, 2.45) is 0 Å². The lowest BCUT2D eigenvalue weighted by atomic mass is 10.2. The van der Waals surface area contributed by atoms with Crippen molar-refractivity contribution in [3.63, 3.8) is 0 Å². The summed E-state index contributed by atoms with van der Waals surface area (Å²) < 4.78 is 1.44. The summed E-state index contributed by atoms with van der Waals surface area (Å²) in [6.45, 7) is 2.50. The van der Waals surface area contributed by atoms with Crippen LogP contribution in [0.2, 0.25) is 5.02 Å². The molecule has 10 heteroatoms. The molecule has 2 rings (SSSR count). The molecule has 1 aromatic heterocycles. The van der Waals surface area contributed by atoms with E-state index in [0.717, 1.165) is 12.5 Å².